The van der Waals surface area contributed by atoms with Gasteiger partial charge in [0.2, 0.25) is 0 Å². The van der Waals surface area contributed by atoms with Crippen LogP contribution in [-0.2, 0) is 20.0 Å². The van der Waals surface area contributed by atoms with Crippen molar-refractivity contribution in [1.82, 2.24) is 9.97 Å². The highest BCUT2D eigenvalue weighted by Gasteiger charge is 2.15. The first-order chi connectivity index (χ1) is 16.9. The van der Waals surface area contributed by atoms with Crippen molar-refractivity contribution in [1.29, 1.82) is 0 Å². The summed E-state index contributed by atoms with van der Waals surface area (Å²) in [5.74, 6) is 0.519. The van der Waals surface area contributed by atoms with Gasteiger partial charge in [0.25, 0.3) is 20.0 Å². The number of nitrogens with two attached hydrogens (primary N) is 2. The third kappa shape index (κ3) is 7.91. The zero-order chi connectivity index (χ0) is 26.3. The average molecular weight is 656 g/mol. The molecule has 14 heteroatoms. The minimum Gasteiger partial charge on any atom is -0.399 e. The van der Waals surface area contributed by atoms with E-state index in [4.69, 9.17) is 11.5 Å². The maximum Gasteiger partial charge on any atom is 0.263 e. The van der Waals surface area contributed by atoms with E-state index in [1.807, 2.05) is 0 Å². The molecule has 4 rings (SSSR count). The Kier molecular flexibility index (Phi) is 8.89. The lowest BCUT2D eigenvalue weighted by Gasteiger charge is -2.07. The predicted octanol–water partition coefficient (Wildman–Crippen LogP) is 4.45. The Balaban J connectivity index is 0.000000201. The standard InChI is InChI=1S/2C11H10BrN3O2S/c2*12-8-1-6-11(14-7-8)15-18(16,17)10-4-2-9(13)3-5-10/h2*1-7H,13H2,(H,14,15). The monoisotopic (exact) mass is 654 g/mol. The Morgan fingerprint density at radius 3 is 1.17 bits per heavy atom. The highest BCUT2D eigenvalue weighted by atomic mass is 79.9. The SMILES string of the molecule is Nc1ccc(S(=O)(=O)Nc2ccc(Br)cn2)cc1.Nc1ccc(S(=O)(=O)Nc2ccc(Br)cn2)cc1. The molecular weight excluding hydrogens is 636 g/mol. The Labute approximate surface area is 225 Å². The van der Waals surface area contributed by atoms with E-state index >= 15 is 0 Å². The van der Waals surface area contributed by atoms with Gasteiger partial charge in [-0.25, -0.2) is 26.8 Å². The number of nitrogens with one attached hydrogen (secondary N) is 2. The minimum atomic E-state index is -3.63. The lowest BCUT2D eigenvalue weighted by atomic mass is 10.3. The van der Waals surface area contributed by atoms with Crippen molar-refractivity contribution in [3.63, 3.8) is 0 Å². The third-order valence-electron chi connectivity index (χ3n) is 4.31. The van der Waals surface area contributed by atoms with Crippen LogP contribution in [0.2, 0.25) is 0 Å². The van der Waals surface area contributed by atoms with Gasteiger partial charge in [0.15, 0.2) is 0 Å². The van der Waals surface area contributed by atoms with Gasteiger partial charge in [-0.15, -0.1) is 0 Å². The summed E-state index contributed by atoms with van der Waals surface area (Å²) in [6, 6.07) is 18.4. The summed E-state index contributed by atoms with van der Waals surface area (Å²) in [6.07, 6.45) is 3.03. The molecule has 6 N–H and O–H groups in total. The molecule has 2 aromatic heterocycles. The molecule has 0 saturated carbocycles. The molecule has 0 unspecified atom stereocenters. The van der Waals surface area contributed by atoms with Crippen LogP contribution >= 0.6 is 31.9 Å². The summed E-state index contributed by atoms with van der Waals surface area (Å²) in [4.78, 5) is 8.17. The second-order valence-electron chi connectivity index (χ2n) is 7.07. The maximum atomic E-state index is 12.0. The molecule has 0 saturated heterocycles. The molecule has 2 heterocycles. The first-order valence-corrected chi connectivity index (χ1v) is 14.5. The number of aromatic nitrogens is 2. The van der Waals surface area contributed by atoms with Crippen LogP contribution in [0, 0.1) is 0 Å². The Morgan fingerprint density at radius 1 is 0.556 bits per heavy atom. The van der Waals surface area contributed by atoms with Crippen LogP contribution in [0.25, 0.3) is 0 Å². The molecule has 2 aromatic carbocycles. The molecule has 0 aliphatic heterocycles. The second kappa shape index (κ2) is 11.7. The van der Waals surface area contributed by atoms with Crippen molar-refractivity contribution in [2.45, 2.75) is 9.79 Å². The number of pyridine rings is 2. The molecule has 0 atom stereocenters. The first-order valence-electron chi connectivity index (χ1n) is 9.94. The van der Waals surface area contributed by atoms with Crippen molar-refractivity contribution >= 4 is 74.9 Å². The van der Waals surface area contributed by atoms with E-state index in [1.54, 1.807) is 24.3 Å². The van der Waals surface area contributed by atoms with E-state index in [1.165, 1.54) is 60.9 Å². The van der Waals surface area contributed by atoms with Gasteiger partial charge in [-0.2, -0.15) is 0 Å². The zero-order valence-electron chi connectivity index (χ0n) is 18.3. The molecule has 10 nitrogen and oxygen atoms in total. The molecule has 0 radical (unpaired) electrons. The largest absolute Gasteiger partial charge is 0.399 e. The lowest BCUT2D eigenvalue weighted by Crippen LogP contribution is -2.13. The minimum absolute atomic E-state index is 0.140. The van der Waals surface area contributed by atoms with Crippen LogP contribution in [-0.4, -0.2) is 26.8 Å². The summed E-state index contributed by atoms with van der Waals surface area (Å²) < 4.78 is 54.3. The number of benzene rings is 2. The Morgan fingerprint density at radius 2 is 0.889 bits per heavy atom. The van der Waals surface area contributed by atoms with Gasteiger partial charge in [0.1, 0.15) is 11.6 Å². The van der Waals surface area contributed by atoms with Crippen molar-refractivity contribution in [2.24, 2.45) is 0 Å². The van der Waals surface area contributed by atoms with E-state index < -0.39 is 20.0 Å². The van der Waals surface area contributed by atoms with Crippen LogP contribution in [0.3, 0.4) is 0 Å². The van der Waals surface area contributed by atoms with Gasteiger partial charge in [-0.3, -0.25) is 9.44 Å². The van der Waals surface area contributed by atoms with Crippen LogP contribution in [0.5, 0.6) is 0 Å². The van der Waals surface area contributed by atoms with Crippen LogP contribution in [0.1, 0.15) is 0 Å². The molecule has 0 spiro atoms. The smallest absolute Gasteiger partial charge is 0.263 e. The van der Waals surface area contributed by atoms with E-state index in [9.17, 15) is 16.8 Å². The van der Waals surface area contributed by atoms with Crippen LogP contribution in [0.4, 0.5) is 23.0 Å². The van der Waals surface area contributed by atoms with Gasteiger partial charge < -0.3 is 11.5 Å². The van der Waals surface area contributed by atoms with Gasteiger partial charge in [0, 0.05) is 32.7 Å². The summed E-state index contributed by atoms with van der Waals surface area (Å²) in [7, 11) is -7.25. The molecule has 0 amide bonds. The van der Waals surface area contributed by atoms with E-state index in [0.29, 0.717) is 11.4 Å². The fourth-order valence-corrected chi connectivity index (χ4v) is 5.05. The third-order valence-corrected chi connectivity index (χ3v) is 7.99. The average Bonchev–Trinajstić information content (AvgIpc) is 2.83. The van der Waals surface area contributed by atoms with Gasteiger partial charge in [-0.05, 0) is 105 Å². The molecule has 4 aromatic rings. The number of nitrogens with zero attached hydrogens (tertiary/aromatic N) is 2. The number of anilines is 4. The number of hydrogen-bond donors (Lipinski definition) is 4. The fourth-order valence-electron chi connectivity index (χ4n) is 2.56. The Hall–Kier alpha value is -3.20. The predicted molar refractivity (Wildman–Crippen MR) is 147 cm³/mol. The zero-order valence-corrected chi connectivity index (χ0v) is 23.1. The highest BCUT2D eigenvalue weighted by Crippen LogP contribution is 2.18. The summed E-state index contributed by atoms with van der Waals surface area (Å²) in [5.41, 5.74) is 12.0. The van der Waals surface area contributed by atoms with Crippen molar-refractivity contribution in [3.8, 4) is 0 Å². The van der Waals surface area contributed by atoms with Gasteiger partial charge in [0.05, 0.1) is 9.79 Å². The van der Waals surface area contributed by atoms with E-state index in [2.05, 4.69) is 51.3 Å². The number of sulfonamides is 2. The van der Waals surface area contributed by atoms with E-state index in [-0.39, 0.29) is 21.4 Å². The second-order valence-corrected chi connectivity index (χ2v) is 12.3. The Bertz CT molecular complexity index is 1400. The van der Waals surface area contributed by atoms with Crippen LogP contribution in [0.15, 0.2) is 104 Å². The van der Waals surface area contributed by atoms with Crippen molar-refractivity contribution < 1.29 is 16.8 Å². The molecule has 0 bridgehead atoms. The molecule has 0 aliphatic rings. The summed E-state index contributed by atoms with van der Waals surface area (Å²) >= 11 is 6.45. The van der Waals surface area contributed by atoms with Gasteiger partial charge in [-0.1, -0.05) is 0 Å². The van der Waals surface area contributed by atoms with Crippen molar-refractivity contribution in [3.05, 3.63) is 94.1 Å². The molecule has 188 valence electrons. The fraction of sp³-hybridized carbons (Fsp3) is 0. The van der Waals surface area contributed by atoms with Gasteiger partial charge >= 0.3 is 0 Å². The van der Waals surface area contributed by atoms with Crippen LogP contribution < -0.4 is 20.9 Å². The number of hydrogen-bond acceptors (Lipinski definition) is 8. The number of nitrogen functional groups attached to an aromatic ring is 2. The molecular formula is C22H20Br2N6O4S2. The summed E-state index contributed by atoms with van der Waals surface area (Å²) in [5, 5.41) is 0. The number of rotatable bonds is 6. The lowest BCUT2D eigenvalue weighted by molar-refractivity contribution is 0.599. The molecule has 0 fully saturated rings. The molecule has 36 heavy (non-hydrogen) atoms. The first kappa shape index (κ1) is 27.4. The topological polar surface area (TPSA) is 170 Å². The maximum absolute atomic E-state index is 12.0. The normalized spacial score (nSPS) is 11.2. The summed E-state index contributed by atoms with van der Waals surface area (Å²) in [6.45, 7) is 0. The highest BCUT2D eigenvalue weighted by molar-refractivity contribution is 9.10. The number of halogens is 2. The molecule has 0 aliphatic carbocycles. The van der Waals surface area contributed by atoms with Crippen molar-refractivity contribution in [2.75, 3.05) is 20.9 Å². The van der Waals surface area contributed by atoms with E-state index in [0.717, 1.165) is 8.95 Å². The quantitative estimate of drug-likeness (QED) is 0.221.